The molecule has 0 atom stereocenters. The Morgan fingerprint density at radius 1 is 1.00 bits per heavy atom. The van der Waals surface area contributed by atoms with Crippen LogP contribution < -0.4 is 4.72 Å². The topological polar surface area (TPSA) is 66.4 Å². The van der Waals surface area contributed by atoms with Crippen molar-refractivity contribution < 1.29 is 22.3 Å². The van der Waals surface area contributed by atoms with Gasteiger partial charge >= 0.3 is 0 Å². The first kappa shape index (κ1) is 15.4. The van der Waals surface area contributed by atoms with Crippen LogP contribution >= 0.6 is 0 Å². The highest BCUT2D eigenvalue weighted by atomic mass is 32.2. The average molecular weight is 313 g/mol. The van der Waals surface area contributed by atoms with Gasteiger partial charge < -0.3 is 5.11 Å². The molecule has 0 heterocycles. The monoisotopic (exact) mass is 313 g/mol. The summed E-state index contributed by atoms with van der Waals surface area (Å²) in [6.07, 6.45) is 0.159. The van der Waals surface area contributed by atoms with Gasteiger partial charge in [0.25, 0.3) is 0 Å². The third-order valence-corrected chi connectivity index (χ3v) is 4.25. The van der Waals surface area contributed by atoms with E-state index in [1.165, 1.54) is 24.3 Å². The first-order valence-electron chi connectivity index (χ1n) is 6.10. The summed E-state index contributed by atoms with van der Waals surface area (Å²) in [4.78, 5) is 0.00530. The van der Waals surface area contributed by atoms with E-state index in [4.69, 9.17) is 5.11 Å². The second-order valence-electron chi connectivity index (χ2n) is 4.42. The zero-order valence-electron chi connectivity index (χ0n) is 10.9. The standard InChI is InChI=1S/C14H13F2NO3S/c15-11-7-10(8-12(16)9-11)5-6-17-21(19,20)14-3-1-13(18)2-4-14/h1-4,7-9,17-18H,5-6H2. The third kappa shape index (κ3) is 4.24. The molecule has 0 aliphatic carbocycles. The van der Waals surface area contributed by atoms with Crippen LogP contribution in [-0.4, -0.2) is 20.1 Å². The van der Waals surface area contributed by atoms with E-state index in [0.29, 0.717) is 5.56 Å². The minimum absolute atomic E-state index is 0.00530. The molecule has 0 aliphatic rings. The molecule has 0 spiro atoms. The predicted molar refractivity (Wildman–Crippen MR) is 73.4 cm³/mol. The van der Waals surface area contributed by atoms with E-state index in [1.807, 2.05) is 0 Å². The molecule has 0 fully saturated rings. The van der Waals surface area contributed by atoms with Crippen LogP contribution in [0, 0.1) is 11.6 Å². The lowest BCUT2D eigenvalue weighted by Gasteiger charge is -2.07. The summed E-state index contributed by atoms with van der Waals surface area (Å²) in [5.41, 5.74) is 0.362. The molecular weight excluding hydrogens is 300 g/mol. The molecule has 0 aliphatic heterocycles. The van der Waals surface area contributed by atoms with Gasteiger partial charge in [-0.15, -0.1) is 0 Å². The van der Waals surface area contributed by atoms with Gasteiger partial charge in [-0.25, -0.2) is 21.9 Å². The van der Waals surface area contributed by atoms with Gasteiger partial charge in [0.2, 0.25) is 10.0 Å². The fourth-order valence-corrected chi connectivity index (χ4v) is 2.83. The van der Waals surface area contributed by atoms with Crippen LogP contribution in [0.15, 0.2) is 47.4 Å². The minimum Gasteiger partial charge on any atom is -0.508 e. The van der Waals surface area contributed by atoms with Crippen LogP contribution in [0.2, 0.25) is 0 Å². The van der Waals surface area contributed by atoms with Crippen molar-refractivity contribution >= 4 is 10.0 Å². The number of halogens is 2. The quantitative estimate of drug-likeness (QED) is 0.889. The first-order valence-corrected chi connectivity index (χ1v) is 7.59. The second-order valence-corrected chi connectivity index (χ2v) is 6.19. The van der Waals surface area contributed by atoms with E-state index in [0.717, 1.165) is 18.2 Å². The van der Waals surface area contributed by atoms with Crippen molar-refractivity contribution in [3.05, 3.63) is 59.7 Å². The number of phenols is 1. The van der Waals surface area contributed by atoms with Gasteiger partial charge in [0.15, 0.2) is 0 Å². The molecule has 7 heteroatoms. The van der Waals surface area contributed by atoms with Gasteiger partial charge in [-0.3, -0.25) is 0 Å². The highest BCUT2D eigenvalue weighted by Crippen LogP contribution is 2.14. The Morgan fingerprint density at radius 2 is 1.57 bits per heavy atom. The Kier molecular flexibility index (Phi) is 4.54. The van der Waals surface area contributed by atoms with E-state index < -0.39 is 21.7 Å². The van der Waals surface area contributed by atoms with Gasteiger partial charge in [0.05, 0.1) is 4.90 Å². The van der Waals surface area contributed by atoms with Crippen LogP contribution in [0.25, 0.3) is 0 Å². The van der Waals surface area contributed by atoms with E-state index in [-0.39, 0.29) is 23.6 Å². The van der Waals surface area contributed by atoms with Crippen molar-refractivity contribution in [3.8, 4) is 5.75 Å². The zero-order chi connectivity index (χ0) is 15.5. The molecule has 112 valence electrons. The largest absolute Gasteiger partial charge is 0.508 e. The van der Waals surface area contributed by atoms with Crippen molar-refractivity contribution in [3.63, 3.8) is 0 Å². The van der Waals surface area contributed by atoms with E-state index in [1.54, 1.807) is 0 Å². The Labute approximate surface area is 121 Å². The molecule has 4 nitrogen and oxygen atoms in total. The Balaban J connectivity index is 2.00. The maximum Gasteiger partial charge on any atom is 0.240 e. The summed E-state index contributed by atoms with van der Waals surface area (Å²) in [7, 11) is -3.72. The van der Waals surface area contributed by atoms with E-state index >= 15 is 0 Å². The maximum absolute atomic E-state index is 13.0. The normalized spacial score (nSPS) is 11.5. The number of hydrogen-bond acceptors (Lipinski definition) is 3. The molecule has 2 aromatic rings. The number of sulfonamides is 1. The number of aromatic hydroxyl groups is 1. The Bertz CT molecular complexity index is 710. The lowest BCUT2D eigenvalue weighted by Crippen LogP contribution is -2.26. The fourth-order valence-electron chi connectivity index (χ4n) is 1.79. The molecule has 21 heavy (non-hydrogen) atoms. The molecule has 0 radical (unpaired) electrons. The van der Waals surface area contributed by atoms with Gasteiger partial charge in [0, 0.05) is 12.6 Å². The SMILES string of the molecule is O=S(=O)(NCCc1cc(F)cc(F)c1)c1ccc(O)cc1. The van der Waals surface area contributed by atoms with Crippen molar-refractivity contribution in [1.82, 2.24) is 4.72 Å². The third-order valence-electron chi connectivity index (χ3n) is 2.78. The van der Waals surface area contributed by atoms with Crippen LogP contribution in [0.1, 0.15) is 5.56 Å². The van der Waals surface area contributed by atoms with Crippen LogP contribution in [0.5, 0.6) is 5.75 Å². The maximum atomic E-state index is 13.0. The summed E-state index contributed by atoms with van der Waals surface area (Å²) in [5.74, 6) is -1.44. The lowest BCUT2D eigenvalue weighted by atomic mass is 10.1. The van der Waals surface area contributed by atoms with E-state index in [2.05, 4.69) is 4.72 Å². The summed E-state index contributed by atoms with van der Waals surface area (Å²) in [5, 5.41) is 9.11. The summed E-state index contributed by atoms with van der Waals surface area (Å²) >= 11 is 0. The number of nitrogens with one attached hydrogen (secondary N) is 1. The summed E-state index contributed by atoms with van der Waals surface area (Å²) in [6.45, 7) is 0.00605. The number of benzene rings is 2. The minimum atomic E-state index is -3.72. The number of hydrogen-bond donors (Lipinski definition) is 2. The molecule has 2 N–H and O–H groups in total. The van der Waals surface area contributed by atoms with Gasteiger partial charge in [-0.05, 0) is 48.4 Å². The van der Waals surface area contributed by atoms with Crippen LogP contribution in [0.3, 0.4) is 0 Å². The zero-order valence-corrected chi connectivity index (χ0v) is 11.7. The van der Waals surface area contributed by atoms with Crippen LogP contribution in [0.4, 0.5) is 8.78 Å². The molecule has 2 rings (SSSR count). The molecule has 0 unspecified atom stereocenters. The highest BCUT2D eigenvalue weighted by Gasteiger charge is 2.13. The van der Waals surface area contributed by atoms with Gasteiger partial charge in [-0.1, -0.05) is 0 Å². The first-order chi connectivity index (χ1) is 9.87. The smallest absolute Gasteiger partial charge is 0.240 e. The molecule has 2 aromatic carbocycles. The summed E-state index contributed by atoms with van der Waals surface area (Å²) < 4.78 is 52.2. The number of phenolic OH excluding ortho intramolecular Hbond substituents is 1. The van der Waals surface area contributed by atoms with Crippen molar-refractivity contribution in [2.24, 2.45) is 0 Å². The molecule has 0 amide bonds. The van der Waals surface area contributed by atoms with Gasteiger partial charge in [0.1, 0.15) is 17.4 Å². The van der Waals surface area contributed by atoms with Crippen molar-refractivity contribution in [2.45, 2.75) is 11.3 Å². The fraction of sp³-hybridized carbons (Fsp3) is 0.143. The van der Waals surface area contributed by atoms with Crippen LogP contribution in [-0.2, 0) is 16.4 Å². The molecule has 0 bridgehead atoms. The van der Waals surface area contributed by atoms with Crippen molar-refractivity contribution in [2.75, 3.05) is 6.54 Å². The predicted octanol–water partition coefficient (Wildman–Crippen LogP) is 2.19. The van der Waals surface area contributed by atoms with Crippen molar-refractivity contribution in [1.29, 1.82) is 0 Å². The lowest BCUT2D eigenvalue weighted by molar-refractivity contribution is 0.474. The Hall–Kier alpha value is -1.99. The second kappa shape index (κ2) is 6.19. The highest BCUT2D eigenvalue weighted by molar-refractivity contribution is 7.89. The van der Waals surface area contributed by atoms with E-state index in [9.17, 15) is 17.2 Å². The van der Waals surface area contributed by atoms with Gasteiger partial charge in [-0.2, -0.15) is 0 Å². The molecule has 0 aromatic heterocycles. The Morgan fingerprint density at radius 3 is 2.14 bits per heavy atom. The molecular formula is C14H13F2NO3S. The number of rotatable bonds is 5. The molecule has 0 saturated heterocycles. The molecule has 0 saturated carbocycles. The summed E-state index contributed by atoms with van der Waals surface area (Å²) in [6, 6.07) is 8.10. The average Bonchev–Trinajstić information content (AvgIpc) is 2.37.